The smallest absolute Gasteiger partial charge is 0.226 e. The van der Waals surface area contributed by atoms with Crippen LogP contribution in [0.1, 0.15) is 26.3 Å². The van der Waals surface area contributed by atoms with E-state index in [2.05, 4.69) is 13.8 Å². The topological polar surface area (TPSA) is 29.5 Å². The molecule has 100 valence electrons. The van der Waals surface area contributed by atoms with Crippen molar-refractivity contribution in [2.24, 2.45) is 5.92 Å². The fourth-order valence-corrected chi connectivity index (χ4v) is 1.88. The van der Waals surface area contributed by atoms with Crippen LogP contribution in [0.25, 0.3) is 0 Å². The Hall–Kier alpha value is -1.51. The molecule has 0 N–H and O–H groups in total. The molecule has 0 aliphatic carbocycles. The second kappa shape index (κ2) is 7.04. The van der Waals surface area contributed by atoms with Crippen LogP contribution in [-0.2, 0) is 11.2 Å². The van der Waals surface area contributed by atoms with Gasteiger partial charge in [0.05, 0.1) is 13.5 Å². The molecular weight excluding hydrogens is 226 g/mol. The lowest BCUT2D eigenvalue weighted by Gasteiger charge is -2.23. The quantitative estimate of drug-likeness (QED) is 0.776. The number of benzene rings is 1. The number of hydrogen-bond donors (Lipinski definition) is 0. The van der Waals surface area contributed by atoms with Crippen LogP contribution in [0.15, 0.2) is 24.3 Å². The van der Waals surface area contributed by atoms with Crippen LogP contribution in [0, 0.1) is 5.92 Å². The molecule has 0 aliphatic rings. The Balaban J connectivity index is 2.61. The Kier molecular flexibility index (Phi) is 5.69. The summed E-state index contributed by atoms with van der Waals surface area (Å²) in [6.07, 6.45) is 0.463. The first kappa shape index (κ1) is 14.6. The van der Waals surface area contributed by atoms with Gasteiger partial charge in [0.15, 0.2) is 0 Å². The Labute approximate surface area is 110 Å². The summed E-state index contributed by atoms with van der Waals surface area (Å²) in [7, 11) is 1.64. The molecule has 18 heavy (non-hydrogen) atoms. The van der Waals surface area contributed by atoms with Crippen LogP contribution in [-0.4, -0.2) is 31.0 Å². The van der Waals surface area contributed by atoms with E-state index in [0.29, 0.717) is 12.3 Å². The minimum Gasteiger partial charge on any atom is -0.497 e. The van der Waals surface area contributed by atoms with Crippen molar-refractivity contribution in [2.75, 3.05) is 20.2 Å². The van der Waals surface area contributed by atoms with Crippen molar-refractivity contribution in [3.63, 3.8) is 0 Å². The lowest BCUT2D eigenvalue weighted by atomic mass is 10.1. The van der Waals surface area contributed by atoms with Crippen LogP contribution >= 0.6 is 0 Å². The molecule has 3 heteroatoms. The van der Waals surface area contributed by atoms with E-state index < -0.39 is 0 Å². The number of likely N-dealkylation sites (N-methyl/N-ethyl adjacent to an activating group) is 1. The maximum atomic E-state index is 12.1. The number of methoxy groups -OCH3 is 1. The monoisotopic (exact) mass is 249 g/mol. The molecule has 3 nitrogen and oxygen atoms in total. The molecule has 0 unspecified atom stereocenters. The number of ether oxygens (including phenoxy) is 1. The van der Waals surface area contributed by atoms with Gasteiger partial charge in [0.25, 0.3) is 0 Å². The van der Waals surface area contributed by atoms with Crippen LogP contribution in [0.3, 0.4) is 0 Å². The van der Waals surface area contributed by atoms with Gasteiger partial charge in [-0.1, -0.05) is 26.0 Å². The van der Waals surface area contributed by atoms with Crippen LogP contribution in [0.5, 0.6) is 5.75 Å². The molecule has 0 spiro atoms. The van der Waals surface area contributed by atoms with Gasteiger partial charge in [-0.3, -0.25) is 4.79 Å². The third-order valence-electron chi connectivity index (χ3n) is 2.83. The summed E-state index contributed by atoms with van der Waals surface area (Å²) in [6, 6.07) is 7.67. The van der Waals surface area contributed by atoms with Crippen molar-refractivity contribution >= 4 is 5.91 Å². The minimum absolute atomic E-state index is 0.191. The summed E-state index contributed by atoms with van der Waals surface area (Å²) in [5.74, 6) is 1.52. The molecule has 0 atom stereocenters. The number of nitrogens with zero attached hydrogens (tertiary/aromatic N) is 1. The largest absolute Gasteiger partial charge is 0.497 e. The van der Waals surface area contributed by atoms with Crippen molar-refractivity contribution in [1.82, 2.24) is 4.90 Å². The highest BCUT2D eigenvalue weighted by Gasteiger charge is 2.13. The zero-order valence-electron chi connectivity index (χ0n) is 11.8. The number of hydrogen-bond acceptors (Lipinski definition) is 2. The standard InChI is InChI=1S/C15H23NO2/c1-5-16(11-12(2)3)15(17)10-13-6-8-14(18-4)9-7-13/h6-9,12H,5,10-11H2,1-4H3. The van der Waals surface area contributed by atoms with E-state index >= 15 is 0 Å². The van der Waals surface area contributed by atoms with E-state index in [4.69, 9.17) is 4.74 Å². The van der Waals surface area contributed by atoms with Crippen molar-refractivity contribution in [1.29, 1.82) is 0 Å². The van der Waals surface area contributed by atoms with Gasteiger partial charge in [-0.05, 0) is 30.5 Å². The van der Waals surface area contributed by atoms with Crippen LogP contribution in [0.2, 0.25) is 0 Å². The fraction of sp³-hybridized carbons (Fsp3) is 0.533. The van der Waals surface area contributed by atoms with E-state index in [9.17, 15) is 4.79 Å². The highest BCUT2D eigenvalue weighted by Crippen LogP contribution is 2.12. The Morgan fingerprint density at radius 2 is 1.89 bits per heavy atom. The maximum Gasteiger partial charge on any atom is 0.226 e. The zero-order valence-corrected chi connectivity index (χ0v) is 11.8. The Morgan fingerprint density at radius 3 is 2.33 bits per heavy atom. The summed E-state index contributed by atoms with van der Waals surface area (Å²) < 4.78 is 5.10. The third-order valence-corrected chi connectivity index (χ3v) is 2.83. The van der Waals surface area contributed by atoms with E-state index in [1.807, 2.05) is 36.1 Å². The summed E-state index contributed by atoms with van der Waals surface area (Å²) in [4.78, 5) is 14.0. The van der Waals surface area contributed by atoms with Gasteiger partial charge in [-0.2, -0.15) is 0 Å². The molecule has 0 fully saturated rings. The number of carbonyl (C=O) groups is 1. The number of amides is 1. The summed E-state index contributed by atoms with van der Waals surface area (Å²) in [5.41, 5.74) is 1.03. The maximum absolute atomic E-state index is 12.1. The van der Waals surface area contributed by atoms with E-state index in [-0.39, 0.29) is 5.91 Å². The summed E-state index contributed by atoms with van der Waals surface area (Å²) in [6.45, 7) is 7.87. The summed E-state index contributed by atoms with van der Waals surface area (Å²) >= 11 is 0. The second-order valence-corrected chi connectivity index (χ2v) is 4.85. The highest BCUT2D eigenvalue weighted by atomic mass is 16.5. The Morgan fingerprint density at radius 1 is 1.28 bits per heavy atom. The summed E-state index contributed by atoms with van der Waals surface area (Å²) in [5, 5.41) is 0. The third kappa shape index (κ3) is 4.40. The fourth-order valence-electron chi connectivity index (χ4n) is 1.88. The molecule has 0 aliphatic heterocycles. The normalized spacial score (nSPS) is 10.5. The van der Waals surface area contributed by atoms with Gasteiger partial charge in [0.1, 0.15) is 5.75 Å². The second-order valence-electron chi connectivity index (χ2n) is 4.85. The van der Waals surface area contributed by atoms with Crippen molar-refractivity contribution in [3.8, 4) is 5.75 Å². The predicted molar refractivity (Wildman–Crippen MR) is 73.8 cm³/mol. The predicted octanol–water partition coefficient (Wildman–Crippen LogP) is 2.74. The highest BCUT2D eigenvalue weighted by molar-refractivity contribution is 5.78. The number of rotatable bonds is 6. The zero-order chi connectivity index (χ0) is 13.5. The molecule has 0 heterocycles. The van der Waals surface area contributed by atoms with Gasteiger partial charge < -0.3 is 9.64 Å². The lowest BCUT2D eigenvalue weighted by molar-refractivity contribution is -0.130. The average Bonchev–Trinajstić information content (AvgIpc) is 2.36. The van der Waals surface area contributed by atoms with E-state index in [0.717, 1.165) is 24.4 Å². The lowest BCUT2D eigenvalue weighted by Crippen LogP contribution is -2.35. The molecule has 0 bridgehead atoms. The van der Waals surface area contributed by atoms with Gasteiger partial charge in [0, 0.05) is 13.1 Å². The van der Waals surface area contributed by atoms with Crippen molar-refractivity contribution in [2.45, 2.75) is 27.2 Å². The first-order valence-corrected chi connectivity index (χ1v) is 6.47. The molecule has 0 saturated heterocycles. The molecule has 1 amide bonds. The van der Waals surface area contributed by atoms with Gasteiger partial charge in [-0.25, -0.2) is 0 Å². The SMILES string of the molecule is CCN(CC(C)C)C(=O)Cc1ccc(OC)cc1. The molecule has 1 rings (SSSR count). The first-order valence-electron chi connectivity index (χ1n) is 6.47. The number of carbonyl (C=O) groups excluding carboxylic acids is 1. The van der Waals surface area contributed by atoms with Crippen LogP contribution < -0.4 is 4.74 Å². The Bertz CT molecular complexity index is 371. The molecule has 0 aromatic heterocycles. The van der Waals surface area contributed by atoms with E-state index in [1.54, 1.807) is 7.11 Å². The minimum atomic E-state index is 0.191. The van der Waals surface area contributed by atoms with Gasteiger partial charge in [-0.15, -0.1) is 0 Å². The molecule has 0 saturated carbocycles. The van der Waals surface area contributed by atoms with Crippen molar-refractivity contribution < 1.29 is 9.53 Å². The molecular formula is C15H23NO2. The average molecular weight is 249 g/mol. The molecule has 1 aromatic carbocycles. The van der Waals surface area contributed by atoms with Crippen LogP contribution in [0.4, 0.5) is 0 Å². The van der Waals surface area contributed by atoms with Crippen molar-refractivity contribution in [3.05, 3.63) is 29.8 Å². The van der Waals surface area contributed by atoms with Gasteiger partial charge in [0.2, 0.25) is 5.91 Å². The van der Waals surface area contributed by atoms with Gasteiger partial charge >= 0.3 is 0 Å². The van der Waals surface area contributed by atoms with E-state index in [1.165, 1.54) is 0 Å². The molecule has 0 radical (unpaired) electrons. The first-order chi connectivity index (χ1) is 8.56. The molecule has 1 aromatic rings.